The van der Waals surface area contributed by atoms with E-state index in [0.717, 1.165) is 24.9 Å². The van der Waals surface area contributed by atoms with Crippen molar-refractivity contribution in [1.29, 1.82) is 0 Å². The van der Waals surface area contributed by atoms with E-state index in [2.05, 4.69) is 17.1 Å². The van der Waals surface area contributed by atoms with Crippen molar-refractivity contribution in [1.82, 2.24) is 19.6 Å². The lowest BCUT2D eigenvalue weighted by Gasteiger charge is -2.04. The van der Waals surface area contributed by atoms with Crippen LogP contribution in [0.25, 0.3) is 0 Å². The molecule has 0 aliphatic carbocycles. The van der Waals surface area contributed by atoms with Crippen molar-refractivity contribution in [2.75, 3.05) is 0 Å². The molecule has 0 spiro atoms. The molecule has 1 unspecified atom stereocenters. The van der Waals surface area contributed by atoms with Gasteiger partial charge >= 0.3 is 0 Å². The Hall–Kier alpha value is -1.62. The molecule has 2 rings (SSSR count). The lowest BCUT2D eigenvalue weighted by Crippen LogP contribution is -2.08. The highest BCUT2D eigenvalue weighted by atomic mass is 15.3. The lowest BCUT2D eigenvalue weighted by molar-refractivity contribution is 0.584. The van der Waals surface area contributed by atoms with Crippen molar-refractivity contribution in [2.45, 2.75) is 32.4 Å². The highest BCUT2D eigenvalue weighted by Crippen LogP contribution is 2.12. The summed E-state index contributed by atoms with van der Waals surface area (Å²) >= 11 is 0. The zero-order valence-electron chi connectivity index (χ0n) is 10.4. The third-order valence-corrected chi connectivity index (χ3v) is 3.04. The highest BCUT2D eigenvalue weighted by Gasteiger charge is 2.06. The van der Waals surface area contributed by atoms with E-state index < -0.39 is 0 Å². The first-order valence-electron chi connectivity index (χ1n) is 5.95. The Bertz CT molecular complexity index is 471. The van der Waals surface area contributed by atoms with E-state index in [1.54, 1.807) is 0 Å². The predicted molar refractivity (Wildman–Crippen MR) is 66.4 cm³/mol. The fourth-order valence-corrected chi connectivity index (χ4v) is 1.80. The first-order chi connectivity index (χ1) is 8.20. The third-order valence-electron chi connectivity index (χ3n) is 3.04. The second-order valence-corrected chi connectivity index (χ2v) is 4.25. The standard InChI is InChI=1S/C12H19N5/c1-3-12(13)10-8-15-17(9-10)7-5-11-4-6-14-16(11)2/h4,6,8-9,12H,3,5,7,13H2,1-2H3. The first-order valence-corrected chi connectivity index (χ1v) is 5.95. The molecule has 5 heteroatoms. The zero-order chi connectivity index (χ0) is 12.3. The van der Waals surface area contributed by atoms with Crippen molar-refractivity contribution >= 4 is 0 Å². The van der Waals surface area contributed by atoms with Crippen LogP contribution < -0.4 is 5.73 Å². The monoisotopic (exact) mass is 233 g/mol. The quantitative estimate of drug-likeness (QED) is 0.846. The van der Waals surface area contributed by atoms with Gasteiger partial charge in [0.05, 0.1) is 6.20 Å². The average molecular weight is 233 g/mol. The van der Waals surface area contributed by atoms with Crippen LogP contribution in [0.5, 0.6) is 0 Å². The summed E-state index contributed by atoms with van der Waals surface area (Å²) < 4.78 is 3.83. The van der Waals surface area contributed by atoms with Crippen LogP contribution in [0.3, 0.4) is 0 Å². The zero-order valence-corrected chi connectivity index (χ0v) is 10.4. The van der Waals surface area contributed by atoms with E-state index in [4.69, 9.17) is 5.73 Å². The molecule has 0 saturated heterocycles. The van der Waals surface area contributed by atoms with Gasteiger partial charge in [0, 0.05) is 49.7 Å². The SMILES string of the molecule is CCC(N)c1cnn(CCc2ccnn2C)c1. The van der Waals surface area contributed by atoms with Gasteiger partial charge in [0.1, 0.15) is 0 Å². The smallest absolute Gasteiger partial charge is 0.0537 e. The topological polar surface area (TPSA) is 61.7 Å². The van der Waals surface area contributed by atoms with Crippen LogP contribution in [0.4, 0.5) is 0 Å². The van der Waals surface area contributed by atoms with Gasteiger partial charge in [0.2, 0.25) is 0 Å². The molecular weight excluding hydrogens is 214 g/mol. The molecule has 1 atom stereocenters. The Kier molecular flexibility index (Phi) is 3.58. The van der Waals surface area contributed by atoms with Crippen molar-refractivity contribution in [3.8, 4) is 0 Å². The summed E-state index contributed by atoms with van der Waals surface area (Å²) in [6.45, 7) is 2.94. The van der Waals surface area contributed by atoms with Gasteiger partial charge in [-0.3, -0.25) is 9.36 Å². The maximum atomic E-state index is 5.96. The first kappa shape index (κ1) is 11.9. The van der Waals surface area contributed by atoms with Gasteiger partial charge in [-0.2, -0.15) is 10.2 Å². The van der Waals surface area contributed by atoms with Gasteiger partial charge < -0.3 is 5.73 Å². The molecular formula is C12H19N5. The second-order valence-electron chi connectivity index (χ2n) is 4.25. The molecule has 0 fully saturated rings. The van der Waals surface area contributed by atoms with Crippen LogP contribution in [0.15, 0.2) is 24.7 Å². The molecule has 2 N–H and O–H groups in total. The largest absolute Gasteiger partial charge is 0.324 e. The fraction of sp³-hybridized carbons (Fsp3) is 0.500. The molecule has 5 nitrogen and oxygen atoms in total. The number of aromatic nitrogens is 4. The van der Waals surface area contributed by atoms with E-state index in [9.17, 15) is 0 Å². The van der Waals surface area contributed by atoms with Gasteiger partial charge in [-0.15, -0.1) is 0 Å². The maximum Gasteiger partial charge on any atom is 0.0537 e. The molecule has 0 aliphatic heterocycles. The van der Waals surface area contributed by atoms with Crippen molar-refractivity contribution in [3.63, 3.8) is 0 Å². The Morgan fingerprint density at radius 1 is 1.41 bits per heavy atom. The van der Waals surface area contributed by atoms with Crippen molar-refractivity contribution < 1.29 is 0 Å². The molecule has 0 amide bonds. The number of rotatable bonds is 5. The molecule has 2 heterocycles. The summed E-state index contributed by atoms with van der Waals surface area (Å²) in [5, 5.41) is 8.46. The lowest BCUT2D eigenvalue weighted by atomic mass is 10.1. The van der Waals surface area contributed by atoms with Crippen LogP contribution in [-0.2, 0) is 20.0 Å². The van der Waals surface area contributed by atoms with E-state index >= 15 is 0 Å². The molecule has 0 radical (unpaired) electrons. The van der Waals surface area contributed by atoms with Gasteiger partial charge in [0.25, 0.3) is 0 Å². The Morgan fingerprint density at radius 3 is 2.88 bits per heavy atom. The van der Waals surface area contributed by atoms with E-state index in [-0.39, 0.29) is 6.04 Å². The minimum atomic E-state index is 0.0976. The molecule has 0 aromatic carbocycles. The number of aryl methyl sites for hydroxylation is 3. The van der Waals surface area contributed by atoms with Gasteiger partial charge in [-0.1, -0.05) is 6.92 Å². The van der Waals surface area contributed by atoms with Crippen LogP contribution in [0, 0.1) is 0 Å². The third kappa shape index (κ3) is 2.74. The molecule has 2 aromatic rings. The Labute approximate surface area is 101 Å². The minimum Gasteiger partial charge on any atom is -0.324 e. The molecule has 0 saturated carbocycles. The van der Waals surface area contributed by atoms with Gasteiger partial charge in [-0.05, 0) is 12.5 Å². The number of nitrogens with two attached hydrogens (primary N) is 1. The summed E-state index contributed by atoms with van der Waals surface area (Å²) in [5.41, 5.74) is 8.27. The van der Waals surface area contributed by atoms with Gasteiger partial charge in [-0.25, -0.2) is 0 Å². The molecule has 0 aliphatic rings. The second kappa shape index (κ2) is 5.14. The molecule has 17 heavy (non-hydrogen) atoms. The van der Waals surface area contributed by atoms with E-state index in [1.807, 2.05) is 41.1 Å². The van der Waals surface area contributed by atoms with Crippen LogP contribution in [0.1, 0.15) is 30.6 Å². The van der Waals surface area contributed by atoms with Crippen LogP contribution in [-0.4, -0.2) is 19.6 Å². The molecule has 92 valence electrons. The van der Waals surface area contributed by atoms with Crippen molar-refractivity contribution in [3.05, 3.63) is 35.9 Å². The number of hydrogen-bond donors (Lipinski definition) is 1. The maximum absolute atomic E-state index is 5.96. The number of hydrogen-bond acceptors (Lipinski definition) is 3. The van der Waals surface area contributed by atoms with Crippen molar-refractivity contribution in [2.24, 2.45) is 12.8 Å². The molecule has 2 aromatic heterocycles. The Morgan fingerprint density at radius 2 is 2.24 bits per heavy atom. The normalized spacial score (nSPS) is 12.9. The van der Waals surface area contributed by atoms with E-state index in [0.29, 0.717) is 0 Å². The van der Waals surface area contributed by atoms with Crippen LogP contribution in [0.2, 0.25) is 0 Å². The average Bonchev–Trinajstić information content (AvgIpc) is 2.94. The summed E-state index contributed by atoms with van der Waals surface area (Å²) in [4.78, 5) is 0. The predicted octanol–water partition coefficient (Wildman–Crippen LogP) is 1.27. The summed E-state index contributed by atoms with van der Waals surface area (Å²) in [6.07, 6.45) is 7.57. The molecule has 0 bridgehead atoms. The fourth-order valence-electron chi connectivity index (χ4n) is 1.80. The summed E-state index contributed by atoms with van der Waals surface area (Å²) in [7, 11) is 1.96. The van der Waals surface area contributed by atoms with E-state index in [1.165, 1.54) is 5.69 Å². The number of nitrogens with zero attached hydrogens (tertiary/aromatic N) is 4. The summed E-state index contributed by atoms with van der Waals surface area (Å²) in [6, 6.07) is 2.13. The highest BCUT2D eigenvalue weighted by molar-refractivity contribution is 5.09. The summed E-state index contributed by atoms with van der Waals surface area (Å²) in [5.74, 6) is 0. The Balaban J connectivity index is 1.96. The minimum absolute atomic E-state index is 0.0976. The van der Waals surface area contributed by atoms with Crippen LogP contribution >= 0.6 is 0 Å². The van der Waals surface area contributed by atoms with Gasteiger partial charge in [0.15, 0.2) is 0 Å².